The molecule has 0 aromatic heterocycles. The van der Waals surface area contributed by atoms with Crippen molar-refractivity contribution in [1.82, 2.24) is 0 Å². The lowest BCUT2D eigenvalue weighted by atomic mass is 10.1. The number of rotatable bonds is 3. The molecule has 1 aliphatic heterocycles. The fourth-order valence-electron chi connectivity index (χ4n) is 1.45. The zero-order chi connectivity index (χ0) is 11.1. The SMILES string of the molecule is C\C=C(F)/C=N\C(C)=C/C1CCCCO1. The van der Waals surface area contributed by atoms with Crippen molar-refractivity contribution in [3.05, 3.63) is 23.7 Å². The Kier molecular flexibility index (Phi) is 5.26. The molecule has 3 heteroatoms. The zero-order valence-electron chi connectivity index (χ0n) is 9.37. The molecule has 1 saturated heterocycles. The maximum absolute atomic E-state index is 12.7. The lowest BCUT2D eigenvalue weighted by Gasteiger charge is -2.19. The molecule has 0 N–H and O–H groups in total. The highest BCUT2D eigenvalue weighted by Crippen LogP contribution is 2.15. The molecule has 1 fully saturated rings. The van der Waals surface area contributed by atoms with Crippen LogP contribution in [0.3, 0.4) is 0 Å². The van der Waals surface area contributed by atoms with E-state index in [0.29, 0.717) is 0 Å². The van der Waals surface area contributed by atoms with E-state index in [9.17, 15) is 4.39 Å². The van der Waals surface area contributed by atoms with Gasteiger partial charge in [0.2, 0.25) is 0 Å². The van der Waals surface area contributed by atoms with E-state index in [-0.39, 0.29) is 11.9 Å². The Morgan fingerprint density at radius 3 is 2.87 bits per heavy atom. The van der Waals surface area contributed by atoms with E-state index in [0.717, 1.165) is 25.1 Å². The van der Waals surface area contributed by atoms with Gasteiger partial charge < -0.3 is 4.74 Å². The van der Waals surface area contributed by atoms with E-state index >= 15 is 0 Å². The maximum Gasteiger partial charge on any atom is 0.137 e. The standard InChI is InChI=1S/C12H18FNO/c1-3-11(13)9-14-10(2)8-12-6-4-5-7-15-12/h3,8-9,12H,4-7H2,1-2H3/b10-8-,11-3+,14-9-. The van der Waals surface area contributed by atoms with Gasteiger partial charge in [0, 0.05) is 12.3 Å². The molecular weight excluding hydrogens is 193 g/mol. The first-order valence-electron chi connectivity index (χ1n) is 5.38. The highest BCUT2D eigenvalue weighted by atomic mass is 19.1. The Labute approximate surface area is 90.5 Å². The van der Waals surface area contributed by atoms with E-state index in [4.69, 9.17) is 4.74 Å². The Morgan fingerprint density at radius 1 is 1.47 bits per heavy atom. The largest absolute Gasteiger partial charge is 0.374 e. The number of aliphatic imine (C=N–C) groups is 1. The second kappa shape index (κ2) is 6.51. The van der Waals surface area contributed by atoms with E-state index < -0.39 is 0 Å². The lowest BCUT2D eigenvalue weighted by Crippen LogP contribution is -2.16. The first-order valence-corrected chi connectivity index (χ1v) is 5.38. The molecule has 0 amide bonds. The van der Waals surface area contributed by atoms with Gasteiger partial charge in [-0.2, -0.15) is 0 Å². The van der Waals surface area contributed by atoms with Gasteiger partial charge in [0.25, 0.3) is 0 Å². The van der Waals surface area contributed by atoms with Crippen LogP contribution in [-0.4, -0.2) is 18.9 Å². The number of ether oxygens (including phenoxy) is 1. The number of hydrogen-bond acceptors (Lipinski definition) is 2. The van der Waals surface area contributed by atoms with Crippen LogP contribution in [0.4, 0.5) is 4.39 Å². The highest BCUT2D eigenvalue weighted by molar-refractivity contribution is 5.76. The molecule has 0 aromatic rings. The minimum Gasteiger partial charge on any atom is -0.374 e. The van der Waals surface area contributed by atoms with Crippen molar-refractivity contribution < 1.29 is 9.13 Å². The second-order valence-electron chi connectivity index (χ2n) is 3.64. The predicted octanol–water partition coefficient (Wildman–Crippen LogP) is 3.40. The van der Waals surface area contributed by atoms with Gasteiger partial charge in [0.05, 0.1) is 12.3 Å². The first-order chi connectivity index (χ1) is 7.22. The first kappa shape index (κ1) is 12.1. The monoisotopic (exact) mass is 211 g/mol. The number of halogens is 1. The fraction of sp³-hybridized carbons (Fsp3) is 0.583. The Hall–Kier alpha value is -0.960. The maximum atomic E-state index is 12.7. The molecule has 0 aromatic carbocycles. The van der Waals surface area contributed by atoms with Crippen LogP contribution in [-0.2, 0) is 4.74 Å². The Balaban J connectivity index is 2.47. The van der Waals surface area contributed by atoms with E-state index in [1.807, 2.05) is 13.0 Å². The van der Waals surface area contributed by atoms with Crippen LogP contribution in [0, 0.1) is 0 Å². The molecular formula is C12H18FNO. The molecule has 84 valence electrons. The summed E-state index contributed by atoms with van der Waals surface area (Å²) in [5.74, 6) is -0.313. The van der Waals surface area contributed by atoms with Crippen LogP contribution in [0.15, 0.2) is 28.7 Å². The van der Waals surface area contributed by atoms with Crippen molar-refractivity contribution in [2.75, 3.05) is 6.61 Å². The predicted molar refractivity (Wildman–Crippen MR) is 60.7 cm³/mol. The van der Waals surface area contributed by atoms with Gasteiger partial charge >= 0.3 is 0 Å². The molecule has 2 nitrogen and oxygen atoms in total. The topological polar surface area (TPSA) is 21.6 Å². The number of nitrogens with zero attached hydrogens (tertiary/aromatic N) is 1. The third kappa shape index (κ3) is 4.88. The van der Waals surface area contributed by atoms with E-state index in [1.54, 1.807) is 6.92 Å². The number of allylic oxidation sites excluding steroid dienone is 3. The van der Waals surface area contributed by atoms with Gasteiger partial charge in [-0.05, 0) is 39.2 Å². The van der Waals surface area contributed by atoms with Crippen molar-refractivity contribution in [3.8, 4) is 0 Å². The Morgan fingerprint density at radius 2 is 2.27 bits per heavy atom. The molecule has 0 bridgehead atoms. The summed E-state index contributed by atoms with van der Waals surface area (Å²) in [6, 6.07) is 0. The van der Waals surface area contributed by atoms with E-state index in [1.165, 1.54) is 18.7 Å². The van der Waals surface area contributed by atoms with Crippen molar-refractivity contribution in [2.24, 2.45) is 4.99 Å². The molecule has 1 aliphatic rings. The normalized spacial score (nSPS) is 24.9. The molecule has 0 radical (unpaired) electrons. The molecule has 1 heterocycles. The van der Waals surface area contributed by atoms with Gasteiger partial charge in [-0.25, -0.2) is 4.39 Å². The molecule has 1 unspecified atom stereocenters. The summed E-state index contributed by atoms with van der Waals surface area (Å²) in [6.45, 7) is 4.32. The van der Waals surface area contributed by atoms with Gasteiger partial charge in [-0.1, -0.05) is 6.08 Å². The molecule has 1 atom stereocenters. The van der Waals surface area contributed by atoms with Crippen LogP contribution >= 0.6 is 0 Å². The molecule has 0 aliphatic carbocycles. The van der Waals surface area contributed by atoms with E-state index in [2.05, 4.69) is 4.99 Å². The highest BCUT2D eigenvalue weighted by Gasteiger charge is 2.10. The summed E-state index contributed by atoms with van der Waals surface area (Å²) in [5.41, 5.74) is 0.805. The second-order valence-corrected chi connectivity index (χ2v) is 3.64. The Bertz CT molecular complexity index is 275. The summed E-state index contributed by atoms with van der Waals surface area (Å²) in [4.78, 5) is 4.00. The molecule has 0 spiro atoms. The third-order valence-corrected chi connectivity index (χ3v) is 2.31. The van der Waals surface area contributed by atoms with Gasteiger partial charge in [0.15, 0.2) is 0 Å². The molecule has 0 saturated carbocycles. The number of hydrogen-bond donors (Lipinski definition) is 0. The quantitative estimate of drug-likeness (QED) is 0.655. The van der Waals surface area contributed by atoms with Crippen molar-refractivity contribution >= 4 is 6.21 Å². The zero-order valence-corrected chi connectivity index (χ0v) is 9.37. The summed E-state index contributed by atoms with van der Waals surface area (Å²) < 4.78 is 18.2. The van der Waals surface area contributed by atoms with Crippen LogP contribution in [0.2, 0.25) is 0 Å². The van der Waals surface area contributed by atoms with Crippen molar-refractivity contribution in [2.45, 2.75) is 39.2 Å². The van der Waals surface area contributed by atoms with Crippen molar-refractivity contribution in [1.29, 1.82) is 0 Å². The van der Waals surface area contributed by atoms with Crippen LogP contribution in [0.5, 0.6) is 0 Å². The molecule has 1 rings (SSSR count). The minimum atomic E-state index is -0.313. The van der Waals surface area contributed by atoms with Crippen LogP contribution < -0.4 is 0 Å². The smallest absolute Gasteiger partial charge is 0.137 e. The fourth-order valence-corrected chi connectivity index (χ4v) is 1.45. The average Bonchev–Trinajstić information content (AvgIpc) is 2.27. The van der Waals surface area contributed by atoms with Gasteiger partial charge in [0.1, 0.15) is 5.83 Å². The van der Waals surface area contributed by atoms with Gasteiger partial charge in [-0.15, -0.1) is 0 Å². The summed E-state index contributed by atoms with van der Waals surface area (Å²) >= 11 is 0. The molecule has 15 heavy (non-hydrogen) atoms. The summed E-state index contributed by atoms with van der Waals surface area (Å²) in [6.07, 6.45) is 8.10. The third-order valence-electron chi connectivity index (χ3n) is 2.31. The van der Waals surface area contributed by atoms with Crippen LogP contribution in [0.25, 0.3) is 0 Å². The minimum absolute atomic E-state index is 0.157. The average molecular weight is 211 g/mol. The van der Waals surface area contributed by atoms with Crippen LogP contribution in [0.1, 0.15) is 33.1 Å². The van der Waals surface area contributed by atoms with Gasteiger partial charge in [-0.3, -0.25) is 4.99 Å². The van der Waals surface area contributed by atoms with Crippen molar-refractivity contribution in [3.63, 3.8) is 0 Å². The summed E-state index contributed by atoms with van der Waals surface area (Å²) in [7, 11) is 0. The summed E-state index contributed by atoms with van der Waals surface area (Å²) in [5, 5.41) is 0. The lowest BCUT2D eigenvalue weighted by molar-refractivity contribution is 0.0461.